The number of aliphatic hydroxyl groups excluding tert-OH is 1. The summed E-state index contributed by atoms with van der Waals surface area (Å²) in [6, 6.07) is -0.0278. The van der Waals surface area contributed by atoms with Crippen molar-refractivity contribution in [2.45, 2.75) is 37.8 Å². The van der Waals surface area contributed by atoms with Gasteiger partial charge < -0.3 is 10.0 Å². The van der Waals surface area contributed by atoms with Gasteiger partial charge in [0.25, 0.3) is 0 Å². The van der Waals surface area contributed by atoms with Crippen molar-refractivity contribution in [3.8, 4) is 0 Å². The average Bonchev–Trinajstić information content (AvgIpc) is 2.16. The van der Waals surface area contributed by atoms with Crippen molar-refractivity contribution in [1.29, 1.82) is 0 Å². The van der Waals surface area contributed by atoms with E-state index in [0.29, 0.717) is 0 Å². The van der Waals surface area contributed by atoms with E-state index in [1.54, 1.807) is 11.9 Å². The Bertz CT molecular complexity index is 186. The SMILES string of the molecule is CN(C(=O)CCl)[C@H]1CCCC[C@H]1O. The van der Waals surface area contributed by atoms with Crippen LogP contribution < -0.4 is 0 Å². The molecule has 0 aliphatic heterocycles. The minimum Gasteiger partial charge on any atom is -0.391 e. The first-order valence-electron chi connectivity index (χ1n) is 4.66. The largest absolute Gasteiger partial charge is 0.391 e. The molecular formula is C9H16ClNO2. The Morgan fingerprint density at radius 1 is 1.54 bits per heavy atom. The molecular weight excluding hydrogens is 190 g/mol. The summed E-state index contributed by atoms with van der Waals surface area (Å²) in [4.78, 5) is 12.8. The number of hydrogen-bond donors (Lipinski definition) is 1. The highest BCUT2D eigenvalue weighted by atomic mass is 35.5. The fourth-order valence-corrected chi connectivity index (χ4v) is 2.01. The van der Waals surface area contributed by atoms with Crippen LogP contribution in [0.3, 0.4) is 0 Å². The summed E-state index contributed by atoms with van der Waals surface area (Å²) in [5.41, 5.74) is 0. The van der Waals surface area contributed by atoms with Gasteiger partial charge in [0.05, 0.1) is 12.1 Å². The average molecular weight is 206 g/mol. The van der Waals surface area contributed by atoms with E-state index in [1.165, 1.54) is 0 Å². The zero-order valence-electron chi connectivity index (χ0n) is 7.87. The van der Waals surface area contributed by atoms with Crippen LogP contribution in [-0.2, 0) is 4.79 Å². The van der Waals surface area contributed by atoms with Crippen LogP contribution in [0.5, 0.6) is 0 Å². The molecule has 0 aromatic rings. The summed E-state index contributed by atoms with van der Waals surface area (Å²) in [6.45, 7) is 0. The molecule has 0 aromatic carbocycles. The van der Waals surface area contributed by atoms with Gasteiger partial charge in [0.15, 0.2) is 0 Å². The highest BCUT2D eigenvalue weighted by Crippen LogP contribution is 2.22. The molecule has 0 heterocycles. The number of carbonyl (C=O) groups excluding carboxylic acids is 1. The van der Waals surface area contributed by atoms with Crippen LogP contribution >= 0.6 is 11.6 Å². The molecule has 0 radical (unpaired) electrons. The number of rotatable bonds is 2. The number of amides is 1. The van der Waals surface area contributed by atoms with Gasteiger partial charge in [-0.1, -0.05) is 12.8 Å². The number of hydrogen-bond acceptors (Lipinski definition) is 2. The monoisotopic (exact) mass is 205 g/mol. The van der Waals surface area contributed by atoms with Crippen molar-refractivity contribution in [3.63, 3.8) is 0 Å². The molecule has 1 aliphatic carbocycles. The van der Waals surface area contributed by atoms with E-state index in [-0.39, 0.29) is 23.9 Å². The summed E-state index contributed by atoms with van der Waals surface area (Å²) in [5, 5.41) is 9.65. The van der Waals surface area contributed by atoms with Crippen LogP contribution in [0, 0.1) is 0 Å². The smallest absolute Gasteiger partial charge is 0.237 e. The maximum atomic E-state index is 11.2. The zero-order valence-corrected chi connectivity index (χ0v) is 8.63. The van der Waals surface area contributed by atoms with Gasteiger partial charge in [0, 0.05) is 7.05 Å². The van der Waals surface area contributed by atoms with Crippen LogP contribution in [-0.4, -0.2) is 41.0 Å². The summed E-state index contributed by atoms with van der Waals surface area (Å²) < 4.78 is 0. The van der Waals surface area contributed by atoms with Gasteiger partial charge in [-0.15, -0.1) is 11.6 Å². The third kappa shape index (κ3) is 2.58. The third-order valence-corrected chi connectivity index (χ3v) is 2.93. The predicted octanol–water partition coefficient (Wildman–Crippen LogP) is 0.987. The number of aliphatic hydroxyl groups is 1. The van der Waals surface area contributed by atoms with Crippen molar-refractivity contribution in [2.75, 3.05) is 12.9 Å². The van der Waals surface area contributed by atoms with Crippen molar-refractivity contribution in [1.82, 2.24) is 4.90 Å². The maximum absolute atomic E-state index is 11.2. The maximum Gasteiger partial charge on any atom is 0.237 e. The van der Waals surface area contributed by atoms with Gasteiger partial charge in [0.1, 0.15) is 5.88 Å². The number of carbonyl (C=O) groups is 1. The fourth-order valence-electron chi connectivity index (χ4n) is 1.82. The Kier molecular flexibility index (Phi) is 4.00. The molecule has 3 nitrogen and oxygen atoms in total. The van der Waals surface area contributed by atoms with Crippen LogP contribution in [0.2, 0.25) is 0 Å². The van der Waals surface area contributed by atoms with Crippen molar-refractivity contribution in [2.24, 2.45) is 0 Å². The highest BCUT2D eigenvalue weighted by Gasteiger charge is 2.28. The van der Waals surface area contributed by atoms with Crippen LogP contribution in [0.25, 0.3) is 0 Å². The topological polar surface area (TPSA) is 40.5 Å². The predicted molar refractivity (Wildman–Crippen MR) is 51.8 cm³/mol. The van der Waals surface area contributed by atoms with Crippen molar-refractivity contribution < 1.29 is 9.90 Å². The Hall–Kier alpha value is -0.280. The molecule has 1 rings (SSSR count). The molecule has 0 aromatic heterocycles. The first-order valence-corrected chi connectivity index (χ1v) is 5.20. The molecule has 1 N–H and O–H groups in total. The van der Waals surface area contributed by atoms with Gasteiger partial charge in [-0.25, -0.2) is 0 Å². The van der Waals surface area contributed by atoms with Crippen molar-refractivity contribution >= 4 is 17.5 Å². The number of nitrogens with zero attached hydrogens (tertiary/aromatic N) is 1. The molecule has 1 amide bonds. The first kappa shape index (κ1) is 10.8. The van der Waals surface area contributed by atoms with Crippen LogP contribution in [0.4, 0.5) is 0 Å². The van der Waals surface area contributed by atoms with Gasteiger partial charge in [-0.3, -0.25) is 4.79 Å². The molecule has 0 saturated heterocycles. The molecule has 1 fully saturated rings. The molecule has 1 saturated carbocycles. The number of alkyl halides is 1. The van der Waals surface area contributed by atoms with Crippen LogP contribution in [0.15, 0.2) is 0 Å². The molecule has 0 spiro atoms. The molecule has 4 heteroatoms. The van der Waals surface area contributed by atoms with E-state index in [9.17, 15) is 9.90 Å². The molecule has 13 heavy (non-hydrogen) atoms. The summed E-state index contributed by atoms with van der Waals surface area (Å²) in [6.07, 6.45) is 3.46. The molecule has 76 valence electrons. The Balaban J connectivity index is 2.53. The summed E-state index contributed by atoms with van der Waals surface area (Å²) in [5.74, 6) is -0.104. The first-order chi connectivity index (χ1) is 6.16. The van der Waals surface area contributed by atoms with E-state index in [0.717, 1.165) is 25.7 Å². The molecule has 1 aliphatic rings. The van der Waals surface area contributed by atoms with Gasteiger partial charge >= 0.3 is 0 Å². The summed E-state index contributed by atoms with van der Waals surface area (Å²) in [7, 11) is 1.71. The molecule has 0 unspecified atom stereocenters. The fraction of sp³-hybridized carbons (Fsp3) is 0.889. The lowest BCUT2D eigenvalue weighted by Crippen LogP contribution is -2.46. The molecule has 2 atom stereocenters. The van der Waals surface area contributed by atoms with E-state index in [1.807, 2.05) is 0 Å². The normalized spacial score (nSPS) is 28.5. The highest BCUT2D eigenvalue weighted by molar-refractivity contribution is 6.27. The minimum atomic E-state index is -0.370. The van der Waals surface area contributed by atoms with Crippen LogP contribution in [0.1, 0.15) is 25.7 Å². The zero-order chi connectivity index (χ0) is 9.84. The number of halogens is 1. The lowest BCUT2D eigenvalue weighted by Gasteiger charge is -2.34. The van der Waals surface area contributed by atoms with E-state index < -0.39 is 0 Å². The quantitative estimate of drug-likeness (QED) is 0.683. The van der Waals surface area contributed by atoms with E-state index >= 15 is 0 Å². The Morgan fingerprint density at radius 2 is 2.15 bits per heavy atom. The summed E-state index contributed by atoms with van der Waals surface area (Å²) >= 11 is 5.44. The second-order valence-electron chi connectivity index (χ2n) is 3.56. The third-order valence-electron chi connectivity index (χ3n) is 2.70. The Morgan fingerprint density at radius 3 is 2.69 bits per heavy atom. The lowest BCUT2D eigenvalue weighted by atomic mass is 9.91. The standard InChI is InChI=1S/C9H16ClNO2/c1-11(9(13)6-10)7-4-2-3-5-8(7)12/h7-8,12H,2-6H2,1H3/t7-,8+/m0/s1. The lowest BCUT2D eigenvalue weighted by molar-refractivity contribution is -0.132. The Labute approximate surface area is 83.7 Å². The van der Waals surface area contributed by atoms with E-state index in [2.05, 4.69) is 0 Å². The van der Waals surface area contributed by atoms with E-state index in [4.69, 9.17) is 11.6 Å². The number of likely N-dealkylation sites (N-methyl/N-ethyl adjacent to an activating group) is 1. The second kappa shape index (κ2) is 4.82. The minimum absolute atomic E-state index is 0.000278. The van der Waals surface area contributed by atoms with Gasteiger partial charge in [-0.2, -0.15) is 0 Å². The van der Waals surface area contributed by atoms with Crippen molar-refractivity contribution in [3.05, 3.63) is 0 Å². The van der Waals surface area contributed by atoms with Gasteiger partial charge in [0.2, 0.25) is 5.91 Å². The second-order valence-corrected chi connectivity index (χ2v) is 3.82. The molecule has 0 bridgehead atoms. The van der Waals surface area contributed by atoms with Gasteiger partial charge in [-0.05, 0) is 12.8 Å².